The molecule has 0 saturated heterocycles. The molecule has 218 valence electrons. The number of sulfonamides is 1. The zero-order valence-corrected chi connectivity index (χ0v) is 25.8. The summed E-state index contributed by atoms with van der Waals surface area (Å²) in [4.78, 5) is 24.8. The van der Waals surface area contributed by atoms with E-state index in [-0.39, 0.29) is 29.2 Å². The molecular formula is C30H36N4O5S2. The van der Waals surface area contributed by atoms with E-state index in [1.165, 1.54) is 27.8 Å². The molecule has 4 aromatic rings. The number of benzene rings is 2. The first-order chi connectivity index (χ1) is 19.5. The molecule has 0 saturated carbocycles. The van der Waals surface area contributed by atoms with Gasteiger partial charge < -0.3 is 9.47 Å². The van der Waals surface area contributed by atoms with Crippen molar-refractivity contribution in [3.8, 4) is 11.5 Å². The largest absolute Gasteiger partial charge is 0.495 e. The van der Waals surface area contributed by atoms with Gasteiger partial charge in [-0.1, -0.05) is 45.1 Å². The number of fused-ring (bicyclic) bond motifs is 1. The highest BCUT2D eigenvalue weighted by Crippen LogP contribution is 2.40. The molecule has 11 heteroatoms. The maximum Gasteiger partial charge on any atom is 0.260 e. The van der Waals surface area contributed by atoms with Crippen LogP contribution < -0.4 is 14.4 Å². The minimum Gasteiger partial charge on any atom is -0.495 e. The molecule has 0 unspecified atom stereocenters. The van der Waals surface area contributed by atoms with Crippen LogP contribution in [0.2, 0.25) is 0 Å². The normalized spacial score (nSPS) is 11.9. The molecule has 0 spiro atoms. The number of anilines is 1. The van der Waals surface area contributed by atoms with Gasteiger partial charge in [-0.2, -0.15) is 4.31 Å². The van der Waals surface area contributed by atoms with Crippen molar-refractivity contribution in [1.82, 2.24) is 14.3 Å². The van der Waals surface area contributed by atoms with Gasteiger partial charge in [0, 0.05) is 24.8 Å². The monoisotopic (exact) mass is 596 g/mol. The number of carbonyl (C=O) groups excluding carboxylic acids is 1. The number of hydrogen-bond donors (Lipinski definition) is 0. The summed E-state index contributed by atoms with van der Waals surface area (Å²) >= 11 is 1.31. The van der Waals surface area contributed by atoms with Gasteiger partial charge in [0.25, 0.3) is 5.91 Å². The van der Waals surface area contributed by atoms with E-state index in [2.05, 4.69) is 4.98 Å². The van der Waals surface area contributed by atoms with E-state index in [1.807, 2.05) is 45.9 Å². The SMILES string of the molecule is COc1ccc(OC)c2sc(N(Cc3ccccn3)C(=O)c3ccc(S(=O)(=O)N(CC(C)C)CC(C)C)cc3)nc12. The van der Waals surface area contributed by atoms with Gasteiger partial charge in [-0.05, 0) is 60.4 Å². The van der Waals surface area contributed by atoms with Crippen molar-refractivity contribution in [2.45, 2.75) is 39.1 Å². The number of thiazole rings is 1. The Kier molecular flexibility index (Phi) is 9.62. The topological polar surface area (TPSA) is 102 Å². The Balaban J connectivity index is 1.72. The smallest absolute Gasteiger partial charge is 0.260 e. The molecule has 2 aromatic heterocycles. The molecule has 0 N–H and O–H groups in total. The molecule has 0 atom stereocenters. The van der Waals surface area contributed by atoms with E-state index < -0.39 is 10.0 Å². The van der Waals surface area contributed by atoms with Crippen molar-refractivity contribution in [1.29, 1.82) is 0 Å². The zero-order chi connectivity index (χ0) is 29.7. The molecular weight excluding hydrogens is 560 g/mol. The molecule has 1 amide bonds. The predicted octanol–water partition coefficient (Wildman–Crippen LogP) is 5.86. The molecule has 2 aromatic carbocycles. The van der Waals surface area contributed by atoms with E-state index in [0.29, 0.717) is 46.5 Å². The first-order valence-corrected chi connectivity index (χ1v) is 15.6. The highest BCUT2D eigenvalue weighted by atomic mass is 32.2. The second-order valence-corrected chi connectivity index (χ2v) is 13.4. The fourth-order valence-corrected chi connectivity index (χ4v) is 7.27. The summed E-state index contributed by atoms with van der Waals surface area (Å²) in [5.74, 6) is 1.20. The highest BCUT2D eigenvalue weighted by Gasteiger charge is 2.28. The van der Waals surface area contributed by atoms with Crippen LogP contribution in [0, 0.1) is 11.8 Å². The van der Waals surface area contributed by atoms with E-state index in [0.717, 1.165) is 4.70 Å². The Morgan fingerprint density at radius 1 is 0.902 bits per heavy atom. The van der Waals surface area contributed by atoms with E-state index >= 15 is 0 Å². The molecule has 0 bridgehead atoms. The van der Waals surface area contributed by atoms with Crippen molar-refractivity contribution in [2.75, 3.05) is 32.2 Å². The molecule has 0 fully saturated rings. The number of methoxy groups -OCH3 is 2. The molecule has 0 radical (unpaired) electrons. The van der Waals surface area contributed by atoms with Gasteiger partial charge in [0.2, 0.25) is 10.0 Å². The summed E-state index contributed by atoms with van der Waals surface area (Å²) < 4.78 is 40.3. The van der Waals surface area contributed by atoms with E-state index in [9.17, 15) is 13.2 Å². The third-order valence-electron chi connectivity index (χ3n) is 6.30. The molecule has 4 rings (SSSR count). The Morgan fingerprint density at radius 3 is 2.10 bits per heavy atom. The van der Waals surface area contributed by atoms with Crippen LogP contribution in [0.3, 0.4) is 0 Å². The minimum atomic E-state index is -3.73. The molecule has 0 aliphatic heterocycles. The van der Waals surface area contributed by atoms with Crippen molar-refractivity contribution in [3.63, 3.8) is 0 Å². The van der Waals surface area contributed by atoms with Crippen LogP contribution in [-0.4, -0.2) is 55.9 Å². The molecule has 0 aliphatic carbocycles. The minimum absolute atomic E-state index is 0.154. The lowest BCUT2D eigenvalue weighted by molar-refractivity contribution is 0.0984. The van der Waals surface area contributed by atoms with Gasteiger partial charge in [0.1, 0.15) is 21.7 Å². The van der Waals surface area contributed by atoms with Crippen molar-refractivity contribution in [3.05, 3.63) is 72.1 Å². The van der Waals surface area contributed by atoms with Gasteiger partial charge >= 0.3 is 0 Å². The third-order valence-corrected chi connectivity index (χ3v) is 9.24. The summed E-state index contributed by atoms with van der Waals surface area (Å²) in [6.07, 6.45) is 1.67. The fourth-order valence-electron chi connectivity index (χ4n) is 4.43. The quantitative estimate of drug-likeness (QED) is 0.202. The summed E-state index contributed by atoms with van der Waals surface area (Å²) in [6, 6.07) is 15.2. The van der Waals surface area contributed by atoms with Gasteiger partial charge in [-0.15, -0.1) is 0 Å². The van der Waals surface area contributed by atoms with E-state index in [4.69, 9.17) is 14.5 Å². The average molecular weight is 597 g/mol. The maximum absolute atomic E-state index is 14.0. The van der Waals surface area contributed by atoms with Crippen LogP contribution >= 0.6 is 11.3 Å². The van der Waals surface area contributed by atoms with Gasteiger partial charge in [-0.25, -0.2) is 13.4 Å². The van der Waals surface area contributed by atoms with Crippen LogP contribution in [0.25, 0.3) is 10.2 Å². The second-order valence-electron chi connectivity index (χ2n) is 10.5. The molecule has 2 heterocycles. The average Bonchev–Trinajstić information content (AvgIpc) is 3.40. The lowest BCUT2D eigenvalue weighted by atomic mass is 10.2. The molecule has 41 heavy (non-hydrogen) atoms. The lowest BCUT2D eigenvalue weighted by Gasteiger charge is -2.26. The maximum atomic E-state index is 14.0. The summed E-state index contributed by atoms with van der Waals surface area (Å²) in [7, 11) is -0.581. The number of amides is 1. The first kappa shape index (κ1) is 30.4. The number of nitrogens with zero attached hydrogens (tertiary/aromatic N) is 4. The number of aromatic nitrogens is 2. The van der Waals surface area contributed by atoms with Crippen LogP contribution in [0.1, 0.15) is 43.7 Å². The van der Waals surface area contributed by atoms with Crippen LogP contribution in [0.4, 0.5) is 5.13 Å². The molecule has 0 aliphatic rings. The highest BCUT2D eigenvalue weighted by molar-refractivity contribution is 7.89. The van der Waals surface area contributed by atoms with Gasteiger partial charge in [0.05, 0.1) is 31.4 Å². The standard InChI is InChI=1S/C30H36N4O5S2/c1-20(2)17-33(18-21(3)4)41(36,37)24-12-10-22(11-13-24)29(35)34(19-23-9-7-8-16-31-23)30-32-27-25(38-5)14-15-26(39-6)28(27)40-30/h7-16,20-21H,17-19H2,1-6H3. The Morgan fingerprint density at radius 2 is 1.54 bits per heavy atom. The van der Waals surface area contributed by atoms with Crippen molar-refractivity contribution < 1.29 is 22.7 Å². The number of pyridine rings is 1. The summed E-state index contributed by atoms with van der Waals surface area (Å²) in [6.45, 7) is 8.98. The van der Waals surface area contributed by atoms with Crippen molar-refractivity contribution in [2.24, 2.45) is 11.8 Å². The number of hydrogen-bond acceptors (Lipinski definition) is 8. The van der Waals surface area contributed by atoms with Gasteiger partial charge in [-0.3, -0.25) is 14.7 Å². The van der Waals surface area contributed by atoms with Crippen LogP contribution in [-0.2, 0) is 16.6 Å². The number of carbonyl (C=O) groups is 1. The molecule has 9 nitrogen and oxygen atoms in total. The summed E-state index contributed by atoms with van der Waals surface area (Å²) in [5, 5.41) is 0.440. The predicted molar refractivity (Wildman–Crippen MR) is 162 cm³/mol. The fraction of sp³-hybridized carbons (Fsp3) is 0.367. The van der Waals surface area contributed by atoms with Crippen LogP contribution in [0.5, 0.6) is 11.5 Å². The Bertz CT molecular complexity index is 1540. The summed E-state index contributed by atoms with van der Waals surface area (Å²) in [5.41, 5.74) is 1.59. The Hall–Kier alpha value is -3.54. The number of rotatable bonds is 12. The third kappa shape index (κ3) is 6.86. The van der Waals surface area contributed by atoms with Crippen molar-refractivity contribution >= 4 is 42.6 Å². The van der Waals surface area contributed by atoms with Gasteiger partial charge in [0.15, 0.2) is 5.13 Å². The number of ether oxygens (including phenoxy) is 2. The van der Waals surface area contributed by atoms with Crippen LogP contribution in [0.15, 0.2) is 65.7 Å². The zero-order valence-electron chi connectivity index (χ0n) is 24.2. The van der Waals surface area contributed by atoms with E-state index in [1.54, 1.807) is 49.6 Å². The Labute approximate surface area is 245 Å². The second kappa shape index (κ2) is 13.0. The lowest BCUT2D eigenvalue weighted by Crippen LogP contribution is -2.37. The first-order valence-electron chi connectivity index (χ1n) is 13.4.